The van der Waals surface area contributed by atoms with Gasteiger partial charge in [0.1, 0.15) is 5.41 Å². The summed E-state index contributed by atoms with van der Waals surface area (Å²) in [5.74, 6) is -0.321. The molecule has 4 heteroatoms. The summed E-state index contributed by atoms with van der Waals surface area (Å²) >= 11 is 0. The van der Waals surface area contributed by atoms with E-state index in [9.17, 15) is 9.59 Å². The molecule has 108 valence electrons. The van der Waals surface area contributed by atoms with E-state index >= 15 is 0 Å². The molecule has 0 saturated heterocycles. The summed E-state index contributed by atoms with van der Waals surface area (Å²) < 4.78 is 0. The summed E-state index contributed by atoms with van der Waals surface area (Å²) in [5.41, 5.74) is -0.123. The molecule has 1 aliphatic rings. The number of benzene rings is 1. The minimum Gasteiger partial charge on any atom is -0.351 e. The van der Waals surface area contributed by atoms with Gasteiger partial charge in [0, 0.05) is 12.1 Å². The molecule has 0 bridgehead atoms. The average molecular weight is 274 g/mol. The lowest BCUT2D eigenvalue weighted by molar-refractivity contribution is -0.138. The van der Waals surface area contributed by atoms with Crippen LogP contribution in [-0.2, 0) is 16.1 Å². The highest BCUT2D eigenvalue weighted by atomic mass is 16.2. The van der Waals surface area contributed by atoms with Crippen LogP contribution in [0.25, 0.3) is 0 Å². The first kappa shape index (κ1) is 14.6. The molecule has 1 aliphatic carbocycles. The molecule has 4 nitrogen and oxygen atoms in total. The number of hydrogen-bond donors (Lipinski definition) is 2. The number of hydrogen-bond acceptors (Lipinski definition) is 2. The van der Waals surface area contributed by atoms with E-state index in [1.165, 1.54) is 0 Å². The maximum absolute atomic E-state index is 12.3. The molecule has 2 amide bonds. The molecule has 0 spiro atoms. The van der Waals surface area contributed by atoms with Gasteiger partial charge in [-0.05, 0) is 39.2 Å². The molecule has 2 rings (SSSR count). The van der Waals surface area contributed by atoms with E-state index in [2.05, 4.69) is 10.6 Å². The molecule has 1 aromatic rings. The fraction of sp³-hybridized carbons (Fsp3) is 0.500. The van der Waals surface area contributed by atoms with E-state index in [-0.39, 0.29) is 17.4 Å². The van der Waals surface area contributed by atoms with Crippen molar-refractivity contribution in [3.63, 3.8) is 0 Å². The molecule has 20 heavy (non-hydrogen) atoms. The topological polar surface area (TPSA) is 58.2 Å². The van der Waals surface area contributed by atoms with Gasteiger partial charge in [-0.2, -0.15) is 0 Å². The second-order valence-corrected chi connectivity index (χ2v) is 6.45. The third-order valence-corrected chi connectivity index (χ3v) is 3.40. The molecule has 1 saturated carbocycles. The summed E-state index contributed by atoms with van der Waals surface area (Å²) in [7, 11) is 0. The van der Waals surface area contributed by atoms with E-state index in [1.54, 1.807) is 0 Å². The van der Waals surface area contributed by atoms with E-state index in [0.29, 0.717) is 19.4 Å². The van der Waals surface area contributed by atoms with E-state index in [4.69, 9.17) is 0 Å². The lowest BCUT2D eigenvalue weighted by Gasteiger charge is -2.24. The average Bonchev–Trinajstić information content (AvgIpc) is 3.16. The molecule has 1 fully saturated rings. The number of rotatable bonds is 4. The smallest absolute Gasteiger partial charge is 0.236 e. The van der Waals surface area contributed by atoms with Gasteiger partial charge >= 0.3 is 0 Å². The summed E-state index contributed by atoms with van der Waals surface area (Å²) in [6.07, 6.45) is 1.27. The quantitative estimate of drug-likeness (QED) is 0.825. The fourth-order valence-electron chi connectivity index (χ4n) is 2.09. The van der Waals surface area contributed by atoms with Crippen LogP contribution >= 0.6 is 0 Å². The van der Waals surface area contributed by atoms with Gasteiger partial charge < -0.3 is 10.6 Å². The van der Waals surface area contributed by atoms with Crippen molar-refractivity contribution in [2.45, 2.75) is 45.7 Å². The fourth-order valence-corrected chi connectivity index (χ4v) is 2.09. The van der Waals surface area contributed by atoms with Gasteiger partial charge in [-0.1, -0.05) is 30.3 Å². The summed E-state index contributed by atoms with van der Waals surface area (Å²) in [5, 5.41) is 5.77. The van der Waals surface area contributed by atoms with Crippen LogP contribution in [0.4, 0.5) is 0 Å². The third-order valence-electron chi connectivity index (χ3n) is 3.40. The van der Waals surface area contributed by atoms with Gasteiger partial charge in [0.25, 0.3) is 0 Å². The minimum atomic E-state index is -0.845. The number of nitrogens with one attached hydrogen (secondary N) is 2. The first-order chi connectivity index (χ1) is 9.33. The van der Waals surface area contributed by atoms with Crippen LogP contribution in [0.1, 0.15) is 39.2 Å². The van der Waals surface area contributed by atoms with Crippen LogP contribution in [0.3, 0.4) is 0 Å². The maximum atomic E-state index is 12.3. The first-order valence-corrected chi connectivity index (χ1v) is 6.98. The first-order valence-electron chi connectivity index (χ1n) is 6.98. The van der Waals surface area contributed by atoms with Crippen molar-refractivity contribution in [1.29, 1.82) is 0 Å². The lowest BCUT2D eigenvalue weighted by atomic mass is 10.0. The molecule has 0 atom stereocenters. The van der Waals surface area contributed by atoms with Gasteiger partial charge in [-0.15, -0.1) is 0 Å². The van der Waals surface area contributed by atoms with Crippen molar-refractivity contribution in [2.24, 2.45) is 5.41 Å². The van der Waals surface area contributed by atoms with Crippen LogP contribution in [0, 0.1) is 5.41 Å². The zero-order valence-electron chi connectivity index (χ0n) is 12.3. The second-order valence-electron chi connectivity index (χ2n) is 6.45. The predicted molar refractivity (Wildman–Crippen MR) is 77.9 cm³/mol. The van der Waals surface area contributed by atoms with Crippen molar-refractivity contribution < 1.29 is 9.59 Å². The SMILES string of the molecule is CC(C)(C)NC(=O)C1(C(=O)NCc2ccccc2)CC1. The highest BCUT2D eigenvalue weighted by Gasteiger charge is 2.56. The Kier molecular flexibility index (Phi) is 3.84. The Hall–Kier alpha value is -1.84. The molecule has 2 N–H and O–H groups in total. The minimum absolute atomic E-state index is 0.157. The van der Waals surface area contributed by atoms with Gasteiger partial charge in [-0.25, -0.2) is 0 Å². The van der Waals surface area contributed by atoms with E-state index in [0.717, 1.165) is 5.56 Å². The molecule has 0 aliphatic heterocycles. The molecule has 0 radical (unpaired) electrons. The molecule has 0 aromatic heterocycles. The second kappa shape index (κ2) is 5.27. The van der Waals surface area contributed by atoms with Gasteiger partial charge in [0.15, 0.2) is 0 Å². The predicted octanol–water partition coefficient (Wildman–Crippen LogP) is 2.00. The zero-order chi connectivity index (χ0) is 14.8. The highest BCUT2D eigenvalue weighted by molar-refractivity contribution is 6.08. The van der Waals surface area contributed by atoms with Crippen molar-refractivity contribution in [2.75, 3.05) is 0 Å². The summed E-state index contributed by atoms with van der Waals surface area (Å²) in [4.78, 5) is 24.5. The van der Waals surface area contributed by atoms with Gasteiger partial charge in [0.05, 0.1) is 0 Å². The van der Waals surface area contributed by atoms with Crippen molar-refractivity contribution >= 4 is 11.8 Å². The van der Waals surface area contributed by atoms with Crippen LogP contribution in [-0.4, -0.2) is 17.4 Å². The maximum Gasteiger partial charge on any atom is 0.236 e. The normalized spacial score (nSPS) is 16.4. The standard InChI is InChI=1S/C16H22N2O2/c1-15(2,3)18-14(20)16(9-10-16)13(19)17-11-12-7-5-4-6-8-12/h4-8H,9-11H2,1-3H3,(H,17,19)(H,18,20). The van der Waals surface area contributed by atoms with E-state index < -0.39 is 5.41 Å². The Morgan fingerprint density at radius 2 is 1.70 bits per heavy atom. The van der Waals surface area contributed by atoms with Crippen LogP contribution in [0.15, 0.2) is 30.3 Å². The zero-order valence-corrected chi connectivity index (χ0v) is 12.3. The third kappa shape index (κ3) is 3.38. The van der Waals surface area contributed by atoms with Gasteiger partial charge in [0.2, 0.25) is 11.8 Å². The Bertz CT molecular complexity index is 499. The van der Waals surface area contributed by atoms with Crippen LogP contribution in [0.2, 0.25) is 0 Å². The Labute approximate surface area is 119 Å². The summed E-state index contributed by atoms with van der Waals surface area (Å²) in [6.45, 7) is 6.22. The largest absolute Gasteiger partial charge is 0.351 e. The van der Waals surface area contributed by atoms with Gasteiger partial charge in [-0.3, -0.25) is 9.59 Å². The van der Waals surface area contributed by atoms with E-state index in [1.807, 2.05) is 51.1 Å². The molecule has 1 aromatic carbocycles. The highest BCUT2D eigenvalue weighted by Crippen LogP contribution is 2.46. The monoisotopic (exact) mass is 274 g/mol. The van der Waals surface area contributed by atoms with Crippen molar-refractivity contribution in [3.05, 3.63) is 35.9 Å². The molecule has 0 unspecified atom stereocenters. The number of carbonyl (C=O) groups excluding carboxylic acids is 2. The van der Waals surface area contributed by atoms with Crippen molar-refractivity contribution in [3.8, 4) is 0 Å². The lowest BCUT2D eigenvalue weighted by Crippen LogP contribution is -2.49. The Morgan fingerprint density at radius 3 is 2.20 bits per heavy atom. The summed E-state index contributed by atoms with van der Waals surface area (Å²) in [6, 6.07) is 9.70. The molecular formula is C16H22N2O2. The van der Waals surface area contributed by atoms with Crippen LogP contribution < -0.4 is 10.6 Å². The Balaban J connectivity index is 1.93. The Morgan fingerprint density at radius 1 is 1.10 bits per heavy atom. The molecular weight excluding hydrogens is 252 g/mol. The van der Waals surface area contributed by atoms with Crippen molar-refractivity contribution in [1.82, 2.24) is 10.6 Å². The number of carbonyl (C=O) groups is 2. The molecule has 0 heterocycles. The number of amides is 2. The van der Waals surface area contributed by atoms with Crippen LogP contribution in [0.5, 0.6) is 0 Å².